The number of nitrogens with one attached hydrogen (secondary N) is 1. The molecule has 1 N–H and O–H groups in total. The molecular formula is C18H38N2. The molecule has 2 nitrogen and oxygen atoms in total. The third-order valence-electron chi connectivity index (χ3n) is 5.46. The Labute approximate surface area is 127 Å². The third-order valence-corrected chi connectivity index (χ3v) is 5.46. The van der Waals surface area contributed by atoms with E-state index < -0.39 is 0 Å². The maximum Gasteiger partial charge on any atom is 0.0254 e. The van der Waals surface area contributed by atoms with Gasteiger partial charge < -0.3 is 5.32 Å². The summed E-state index contributed by atoms with van der Waals surface area (Å²) in [6.07, 6.45) is 5.34. The first-order chi connectivity index (χ1) is 9.35. The van der Waals surface area contributed by atoms with Crippen molar-refractivity contribution in [1.29, 1.82) is 0 Å². The van der Waals surface area contributed by atoms with Crippen molar-refractivity contribution in [3.05, 3.63) is 0 Å². The van der Waals surface area contributed by atoms with Crippen molar-refractivity contribution in [2.45, 2.75) is 92.3 Å². The Kier molecular flexibility index (Phi) is 7.00. The molecule has 0 heterocycles. The average molecular weight is 283 g/mol. The van der Waals surface area contributed by atoms with Gasteiger partial charge in [-0.25, -0.2) is 0 Å². The van der Waals surface area contributed by atoms with Crippen LogP contribution in [0, 0.1) is 11.3 Å². The molecule has 0 bridgehead atoms. The fourth-order valence-corrected chi connectivity index (χ4v) is 3.91. The van der Waals surface area contributed by atoms with Crippen molar-refractivity contribution in [2.75, 3.05) is 13.1 Å². The Hall–Kier alpha value is -0.0800. The highest BCUT2D eigenvalue weighted by atomic mass is 15.2. The summed E-state index contributed by atoms with van der Waals surface area (Å²) in [6, 6.07) is 2.10. The van der Waals surface area contributed by atoms with E-state index in [4.69, 9.17) is 0 Å². The summed E-state index contributed by atoms with van der Waals surface area (Å²) in [5.41, 5.74) is 0.449. The van der Waals surface area contributed by atoms with Gasteiger partial charge >= 0.3 is 0 Å². The molecule has 0 saturated heterocycles. The van der Waals surface area contributed by atoms with E-state index in [1.165, 1.54) is 32.2 Å². The smallest absolute Gasteiger partial charge is 0.0254 e. The first-order valence-electron chi connectivity index (χ1n) is 8.84. The first-order valence-corrected chi connectivity index (χ1v) is 8.84. The van der Waals surface area contributed by atoms with E-state index in [1.54, 1.807) is 0 Å². The largest absolute Gasteiger partial charge is 0.313 e. The van der Waals surface area contributed by atoms with Crippen LogP contribution >= 0.6 is 0 Å². The van der Waals surface area contributed by atoms with Crippen molar-refractivity contribution in [3.63, 3.8) is 0 Å². The molecule has 1 rings (SSSR count). The summed E-state index contributed by atoms with van der Waals surface area (Å²) in [5, 5.41) is 3.76. The molecule has 0 aliphatic heterocycles. The van der Waals surface area contributed by atoms with Crippen LogP contribution in [0.5, 0.6) is 0 Å². The molecule has 1 aliphatic rings. The van der Waals surface area contributed by atoms with Gasteiger partial charge in [0, 0.05) is 18.1 Å². The SMILES string of the molecule is CCNC1CCC(C(C)(C)C)CC1N(CC)C(C)CC. The summed E-state index contributed by atoms with van der Waals surface area (Å²) in [7, 11) is 0. The van der Waals surface area contributed by atoms with Crippen molar-refractivity contribution in [2.24, 2.45) is 11.3 Å². The van der Waals surface area contributed by atoms with E-state index in [-0.39, 0.29) is 0 Å². The molecule has 1 fully saturated rings. The Morgan fingerprint density at radius 2 is 1.80 bits per heavy atom. The predicted octanol–water partition coefficient (Wildman–Crippen LogP) is 4.30. The van der Waals surface area contributed by atoms with Crippen LogP contribution in [0.4, 0.5) is 0 Å². The summed E-state index contributed by atoms with van der Waals surface area (Å²) < 4.78 is 0. The molecule has 20 heavy (non-hydrogen) atoms. The molecule has 4 atom stereocenters. The lowest BCUT2D eigenvalue weighted by atomic mass is 9.69. The monoisotopic (exact) mass is 282 g/mol. The molecule has 4 unspecified atom stereocenters. The lowest BCUT2D eigenvalue weighted by molar-refractivity contribution is 0.0393. The van der Waals surface area contributed by atoms with Crippen LogP contribution in [-0.4, -0.2) is 36.1 Å². The van der Waals surface area contributed by atoms with Gasteiger partial charge in [-0.2, -0.15) is 0 Å². The van der Waals surface area contributed by atoms with Crippen LogP contribution in [0.1, 0.15) is 74.1 Å². The number of hydrogen-bond donors (Lipinski definition) is 1. The van der Waals surface area contributed by atoms with E-state index >= 15 is 0 Å². The zero-order chi connectivity index (χ0) is 15.3. The van der Waals surface area contributed by atoms with E-state index in [0.717, 1.165) is 12.5 Å². The van der Waals surface area contributed by atoms with Crippen LogP contribution in [0.15, 0.2) is 0 Å². The lowest BCUT2D eigenvalue weighted by Crippen LogP contribution is -2.56. The normalized spacial score (nSPS) is 29.7. The summed E-state index contributed by atoms with van der Waals surface area (Å²) in [5.74, 6) is 0.862. The van der Waals surface area contributed by atoms with Gasteiger partial charge in [-0.1, -0.05) is 41.5 Å². The fraction of sp³-hybridized carbons (Fsp3) is 1.00. The molecule has 0 spiro atoms. The molecule has 120 valence electrons. The first kappa shape index (κ1) is 18.0. The van der Waals surface area contributed by atoms with Gasteiger partial charge in [-0.15, -0.1) is 0 Å². The maximum absolute atomic E-state index is 3.76. The molecule has 0 radical (unpaired) electrons. The molecular weight excluding hydrogens is 244 g/mol. The minimum atomic E-state index is 0.449. The van der Waals surface area contributed by atoms with Gasteiger partial charge in [0.05, 0.1) is 0 Å². The number of rotatable bonds is 6. The van der Waals surface area contributed by atoms with Crippen LogP contribution in [-0.2, 0) is 0 Å². The Morgan fingerprint density at radius 3 is 2.25 bits per heavy atom. The Bertz CT molecular complexity index is 269. The summed E-state index contributed by atoms with van der Waals surface area (Å²) in [4.78, 5) is 2.76. The average Bonchev–Trinajstić information content (AvgIpc) is 2.40. The zero-order valence-electron chi connectivity index (χ0n) is 15.0. The standard InChI is InChI=1S/C18H38N2/c1-8-14(4)20(10-3)17-13-15(18(5,6)7)11-12-16(17)19-9-2/h14-17,19H,8-13H2,1-7H3. The van der Waals surface area contributed by atoms with E-state index in [1.807, 2.05) is 0 Å². The highest BCUT2D eigenvalue weighted by molar-refractivity contribution is 4.95. The highest BCUT2D eigenvalue weighted by Crippen LogP contribution is 2.39. The van der Waals surface area contributed by atoms with Crippen LogP contribution < -0.4 is 5.32 Å². The van der Waals surface area contributed by atoms with Crippen molar-refractivity contribution >= 4 is 0 Å². The molecule has 1 aliphatic carbocycles. The van der Waals surface area contributed by atoms with Gasteiger partial charge in [0.25, 0.3) is 0 Å². The van der Waals surface area contributed by atoms with Crippen LogP contribution in [0.2, 0.25) is 0 Å². The van der Waals surface area contributed by atoms with E-state index in [9.17, 15) is 0 Å². The topological polar surface area (TPSA) is 15.3 Å². The summed E-state index contributed by atoms with van der Waals surface area (Å²) in [6.45, 7) is 18.8. The molecule has 1 saturated carbocycles. The second-order valence-electron chi connectivity index (χ2n) is 7.70. The van der Waals surface area contributed by atoms with Gasteiger partial charge in [0.1, 0.15) is 0 Å². The molecule has 0 amide bonds. The van der Waals surface area contributed by atoms with Gasteiger partial charge in [0.2, 0.25) is 0 Å². The van der Waals surface area contributed by atoms with Crippen molar-refractivity contribution in [3.8, 4) is 0 Å². The second-order valence-corrected chi connectivity index (χ2v) is 7.70. The summed E-state index contributed by atoms with van der Waals surface area (Å²) >= 11 is 0. The molecule has 0 aromatic rings. The Balaban J connectivity index is 2.87. The van der Waals surface area contributed by atoms with Crippen LogP contribution in [0.3, 0.4) is 0 Å². The van der Waals surface area contributed by atoms with Gasteiger partial charge in [0.15, 0.2) is 0 Å². The minimum Gasteiger partial charge on any atom is -0.313 e. The van der Waals surface area contributed by atoms with Crippen LogP contribution in [0.25, 0.3) is 0 Å². The third kappa shape index (κ3) is 4.46. The zero-order valence-corrected chi connectivity index (χ0v) is 15.0. The Morgan fingerprint density at radius 1 is 1.15 bits per heavy atom. The quantitative estimate of drug-likeness (QED) is 0.781. The van der Waals surface area contributed by atoms with Gasteiger partial charge in [-0.3, -0.25) is 4.90 Å². The molecule has 0 aromatic carbocycles. The second kappa shape index (κ2) is 7.79. The van der Waals surface area contributed by atoms with Crippen molar-refractivity contribution < 1.29 is 0 Å². The molecule has 2 heteroatoms. The minimum absolute atomic E-state index is 0.449. The van der Waals surface area contributed by atoms with Crippen molar-refractivity contribution in [1.82, 2.24) is 10.2 Å². The number of hydrogen-bond acceptors (Lipinski definition) is 2. The van der Waals surface area contributed by atoms with Gasteiger partial charge in [-0.05, 0) is 57.0 Å². The number of likely N-dealkylation sites (N-methyl/N-ethyl adjacent to an activating group) is 2. The number of nitrogens with zero attached hydrogens (tertiary/aromatic N) is 1. The lowest BCUT2D eigenvalue weighted by Gasteiger charge is -2.48. The molecule has 0 aromatic heterocycles. The fourth-order valence-electron chi connectivity index (χ4n) is 3.91. The predicted molar refractivity (Wildman–Crippen MR) is 90.2 cm³/mol. The van der Waals surface area contributed by atoms with E-state index in [2.05, 4.69) is 58.7 Å². The maximum atomic E-state index is 3.76. The highest BCUT2D eigenvalue weighted by Gasteiger charge is 2.38. The van der Waals surface area contributed by atoms with E-state index in [0.29, 0.717) is 23.5 Å².